The minimum absolute atomic E-state index is 0.0474. The third kappa shape index (κ3) is 5.63. The summed E-state index contributed by atoms with van der Waals surface area (Å²) in [6, 6.07) is 5.95. The number of hydrazine groups is 1. The van der Waals surface area contributed by atoms with Gasteiger partial charge in [0.05, 0.1) is 5.69 Å². The average Bonchev–Trinajstić information content (AvgIpc) is 2.94. The number of aromatic nitrogens is 2. The smallest absolute Gasteiger partial charge is 0.261 e. The minimum Gasteiger partial charge on any atom is -0.340 e. The average molecular weight is 389 g/mol. The van der Waals surface area contributed by atoms with E-state index in [1.54, 1.807) is 13.8 Å². The molecule has 0 aliphatic heterocycles. The Kier molecular flexibility index (Phi) is 6.86. The predicted molar refractivity (Wildman–Crippen MR) is 100 cm³/mol. The third-order valence-electron chi connectivity index (χ3n) is 4.06. The predicted octanol–water partition coefficient (Wildman–Crippen LogP) is 1.24. The van der Waals surface area contributed by atoms with Crippen LogP contribution in [0.1, 0.15) is 35.6 Å². The van der Waals surface area contributed by atoms with Gasteiger partial charge in [0.15, 0.2) is 0 Å². The van der Waals surface area contributed by atoms with Gasteiger partial charge in [-0.25, -0.2) is 4.39 Å². The molecular formula is C19H24FN5O3. The first-order valence-electron chi connectivity index (χ1n) is 8.83. The quantitative estimate of drug-likeness (QED) is 0.647. The molecule has 1 aromatic carbocycles. The van der Waals surface area contributed by atoms with Crippen molar-refractivity contribution < 1.29 is 18.8 Å². The van der Waals surface area contributed by atoms with E-state index in [-0.39, 0.29) is 18.0 Å². The topological polar surface area (TPSA) is 105 Å². The van der Waals surface area contributed by atoms with Crippen molar-refractivity contribution in [3.8, 4) is 0 Å². The fourth-order valence-electron chi connectivity index (χ4n) is 2.58. The summed E-state index contributed by atoms with van der Waals surface area (Å²) in [5.41, 5.74) is 6.49. The summed E-state index contributed by atoms with van der Waals surface area (Å²) < 4.78 is 14.5. The Labute approximate surface area is 162 Å². The number of amides is 3. The maximum absolute atomic E-state index is 13.0. The normalized spacial score (nSPS) is 11.8. The molecule has 0 radical (unpaired) electrons. The molecule has 0 saturated heterocycles. The van der Waals surface area contributed by atoms with Crippen LogP contribution >= 0.6 is 0 Å². The molecule has 2 rings (SSSR count). The van der Waals surface area contributed by atoms with Crippen molar-refractivity contribution in [1.29, 1.82) is 0 Å². The molecule has 3 amide bonds. The molecule has 0 saturated carbocycles. The number of halogens is 1. The molecule has 0 aliphatic rings. The maximum Gasteiger partial charge on any atom is 0.261 e. The highest BCUT2D eigenvalue weighted by molar-refractivity contribution is 5.97. The van der Waals surface area contributed by atoms with E-state index in [2.05, 4.69) is 21.3 Å². The van der Waals surface area contributed by atoms with Gasteiger partial charge in [-0.05, 0) is 50.1 Å². The summed E-state index contributed by atoms with van der Waals surface area (Å²) in [6.45, 7) is 7.11. The summed E-state index contributed by atoms with van der Waals surface area (Å²) >= 11 is 0. The molecular weight excluding hydrogens is 365 g/mol. The van der Waals surface area contributed by atoms with Gasteiger partial charge in [0.2, 0.25) is 0 Å². The molecule has 0 spiro atoms. The van der Waals surface area contributed by atoms with Gasteiger partial charge in [0, 0.05) is 11.3 Å². The zero-order chi connectivity index (χ0) is 20.8. The van der Waals surface area contributed by atoms with Crippen LogP contribution in [0, 0.1) is 25.6 Å². The number of hydrogen-bond acceptors (Lipinski definition) is 4. The highest BCUT2D eigenvalue weighted by Gasteiger charge is 2.25. The monoisotopic (exact) mass is 389 g/mol. The molecule has 28 heavy (non-hydrogen) atoms. The van der Waals surface area contributed by atoms with Crippen molar-refractivity contribution in [3.05, 3.63) is 53.1 Å². The summed E-state index contributed by atoms with van der Waals surface area (Å²) in [5.74, 6) is -2.22. The summed E-state index contributed by atoms with van der Waals surface area (Å²) in [6.07, 6.45) is 0. The fraction of sp³-hybridized carbons (Fsp3) is 0.368. The number of aryl methyl sites for hydroxylation is 2. The lowest BCUT2D eigenvalue weighted by molar-refractivity contribution is -0.130. The Morgan fingerprint density at radius 3 is 2.29 bits per heavy atom. The van der Waals surface area contributed by atoms with E-state index in [1.165, 1.54) is 28.9 Å². The zero-order valence-electron chi connectivity index (χ0n) is 16.2. The van der Waals surface area contributed by atoms with Crippen LogP contribution in [0.15, 0.2) is 30.3 Å². The van der Waals surface area contributed by atoms with Crippen LogP contribution in [-0.2, 0) is 16.1 Å². The van der Waals surface area contributed by atoms with Crippen molar-refractivity contribution in [2.24, 2.45) is 5.92 Å². The SMILES string of the molecule is Cc1cc(C)n(CC(=O)NNC(=O)C(NC(=O)c2ccc(F)cc2)C(C)C)n1. The number of nitrogens with zero attached hydrogens (tertiary/aromatic N) is 2. The largest absolute Gasteiger partial charge is 0.340 e. The van der Waals surface area contributed by atoms with Crippen LogP contribution in [0.2, 0.25) is 0 Å². The molecule has 1 heterocycles. The molecule has 0 fully saturated rings. The van der Waals surface area contributed by atoms with Gasteiger partial charge in [-0.3, -0.25) is 29.9 Å². The molecule has 150 valence electrons. The Balaban J connectivity index is 1.93. The standard InChI is InChI=1S/C19H24FN5O3/c1-11(2)17(21-18(27)14-5-7-15(20)8-6-14)19(28)23-22-16(26)10-25-13(4)9-12(3)24-25/h5-9,11,17H,10H2,1-4H3,(H,21,27)(H,22,26)(H,23,28). The van der Waals surface area contributed by atoms with E-state index in [9.17, 15) is 18.8 Å². The molecule has 0 bridgehead atoms. The van der Waals surface area contributed by atoms with E-state index >= 15 is 0 Å². The molecule has 1 aromatic heterocycles. The van der Waals surface area contributed by atoms with Gasteiger partial charge in [-0.15, -0.1) is 0 Å². The second kappa shape index (κ2) is 9.12. The van der Waals surface area contributed by atoms with Gasteiger partial charge < -0.3 is 5.32 Å². The van der Waals surface area contributed by atoms with Crippen LogP contribution in [0.5, 0.6) is 0 Å². The summed E-state index contributed by atoms with van der Waals surface area (Å²) in [5, 5.41) is 6.77. The third-order valence-corrected chi connectivity index (χ3v) is 4.06. The van der Waals surface area contributed by atoms with E-state index < -0.39 is 29.6 Å². The van der Waals surface area contributed by atoms with Gasteiger partial charge in [0.1, 0.15) is 18.4 Å². The second-order valence-corrected chi connectivity index (χ2v) is 6.82. The number of carbonyl (C=O) groups excluding carboxylic acids is 3. The van der Waals surface area contributed by atoms with Gasteiger partial charge in [-0.1, -0.05) is 13.8 Å². The maximum atomic E-state index is 13.0. The van der Waals surface area contributed by atoms with Crippen molar-refractivity contribution in [2.45, 2.75) is 40.3 Å². The van der Waals surface area contributed by atoms with Crippen molar-refractivity contribution in [2.75, 3.05) is 0 Å². The van der Waals surface area contributed by atoms with Crippen LogP contribution in [0.4, 0.5) is 4.39 Å². The second-order valence-electron chi connectivity index (χ2n) is 6.82. The van der Waals surface area contributed by atoms with Gasteiger partial charge in [0.25, 0.3) is 17.7 Å². The van der Waals surface area contributed by atoms with Crippen molar-refractivity contribution >= 4 is 17.7 Å². The highest BCUT2D eigenvalue weighted by Crippen LogP contribution is 2.07. The van der Waals surface area contributed by atoms with Crippen molar-refractivity contribution in [1.82, 2.24) is 25.9 Å². The molecule has 9 heteroatoms. The van der Waals surface area contributed by atoms with Gasteiger partial charge in [-0.2, -0.15) is 5.10 Å². The molecule has 2 aromatic rings. The first-order valence-corrected chi connectivity index (χ1v) is 8.83. The van der Waals surface area contributed by atoms with Crippen LogP contribution in [0.3, 0.4) is 0 Å². The van der Waals surface area contributed by atoms with Gasteiger partial charge >= 0.3 is 0 Å². The molecule has 1 unspecified atom stereocenters. The van der Waals surface area contributed by atoms with E-state index in [1.807, 2.05) is 19.9 Å². The first kappa shape index (κ1) is 21.1. The lowest BCUT2D eigenvalue weighted by Gasteiger charge is -2.22. The number of carbonyl (C=O) groups is 3. The summed E-state index contributed by atoms with van der Waals surface area (Å²) in [7, 11) is 0. The van der Waals surface area contributed by atoms with E-state index in [0.717, 1.165) is 11.4 Å². The Bertz CT molecular complexity index is 861. The number of hydrogen-bond donors (Lipinski definition) is 3. The number of nitrogens with one attached hydrogen (secondary N) is 3. The lowest BCUT2D eigenvalue weighted by Crippen LogP contribution is -2.54. The molecule has 0 aliphatic carbocycles. The Hall–Kier alpha value is -3.23. The minimum atomic E-state index is -0.883. The lowest BCUT2D eigenvalue weighted by atomic mass is 10.0. The first-order chi connectivity index (χ1) is 13.2. The van der Waals surface area contributed by atoms with E-state index in [0.29, 0.717) is 0 Å². The zero-order valence-corrected chi connectivity index (χ0v) is 16.2. The molecule has 8 nitrogen and oxygen atoms in total. The molecule has 1 atom stereocenters. The number of benzene rings is 1. The van der Waals surface area contributed by atoms with Crippen molar-refractivity contribution in [3.63, 3.8) is 0 Å². The Morgan fingerprint density at radius 2 is 1.75 bits per heavy atom. The number of rotatable bonds is 6. The van der Waals surface area contributed by atoms with Crippen LogP contribution < -0.4 is 16.2 Å². The fourth-order valence-corrected chi connectivity index (χ4v) is 2.58. The van der Waals surface area contributed by atoms with E-state index in [4.69, 9.17) is 0 Å². The highest BCUT2D eigenvalue weighted by atomic mass is 19.1. The van der Waals surface area contributed by atoms with Crippen LogP contribution in [0.25, 0.3) is 0 Å². The molecule has 3 N–H and O–H groups in total. The summed E-state index contributed by atoms with van der Waals surface area (Å²) in [4.78, 5) is 36.7. The Morgan fingerprint density at radius 1 is 1.11 bits per heavy atom. The van der Waals surface area contributed by atoms with Crippen LogP contribution in [-0.4, -0.2) is 33.5 Å².